The molecule has 0 saturated heterocycles. The normalized spacial score (nSPS) is 25.5. The van der Waals surface area contributed by atoms with Crippen LogP contribution in [0.25, 0.3) is 0 Å². The molecular formula is C14H20N2S. The lowest BCUT2D eigenvalue weighted by molar-refractivity contribution is 0.183. The summed E-state index contributed by atoms with van der Waals surface area (Å²) >= 11 is 1.75. The van der Waals surface area contributed by atoms with Gasteiger partial charge in [-0.3, -0.25) is 4.90 Å². The predicted molar refractivity (Wildman–Crippen MR) is 71.8 cm³/mol. The summed E-state index contributed by atoms with van der Waals surface area (Å²) in [6.45, 7) is 0.979. The van der Waals surface area contributed by atoms with Crippen LogP contribution in [0, 0.1) is 17.2 Å². The van der Waals surface area contributed by atoms with Crippen LogP contribution in [0.4, 0.5) is 0 Å². The van der Waals surface area contributed by atoms with Gasteiger partial charge >= 0.3 is 0 Å². The fraction of sp³-hybridized carbons (Fsp3) is 0.643. The smallest absolute Gasteiger partial charge is 0.0672 e. The van der Waals surface area contributed by atoms with Crippen molar-refractivity contribution in [2.75, 3.05) is 7.05 Å². The summed E-state index contributed by atoms with van der Waals surface area (Å²) in [6, 6.07) is 5.14. The molecule has 0 N–H and O–H groups in total. The Bertz CT molecular complexity index is 366. The fourth-order valence-electron chi connectivity index (χ4n) is 2.75. The maximum atomic E-state index is 9.29. The molecule has 2 nitrogen and oxygen atoms in total. The summed E-state index contributed by atoms with van der Waals surface area (Å²) in [5.74, 6) is 0.223. The van der Waals surface area contributed by atoms with Crippen molar-refractivity contribution in [3.05, 3.63) is 22.4 Å². The highest BCUT2D eigenvalue weighted by Gasteiger charge is 2.26. The Morgan fingerprint density at radius 3 is 2.94 bits per heavy atom. The minimum Gasteiger partial charge on any atom is -0.298 e. The van der Waals surface area contributed by atoms with E-state index in [1.165, 1.54) is 31.2 Å². The Kier molecular flexibility index (Phi) is 4.58. The van der Waals surface area contributed by atoms with Crippen molar-refractivity contribution in [2.45, 2.75) is 44.7 Å². The van der Waals surface area contributed by atoms with Crippen LogP contribution in [-0.4, -0.2) is 18.0 Å². The summed E-state index contributed by atoms with van der Waals surface area (Å²) < 4.78 is 0. The molecule has 2 rings (SSSR count). The molecule has 1 aromatic rings. The van der Waals surface area contributed by atoms with Crippen LogP contribution in [0.3, 0.4) is 0 Å². The molecule has 1 aliphatic rings. The number of hydrogen-bond donors (Lipinski definition) is 0. The average Bonchev–Trinajstić information content (AvgIpc) is 2.71. The van der Waals surface area contributed by atoms with Crippen LogP contribution < -0.4 is 0 Å². The third-order valence-corrected chi connectivity index (χ3v) is 4.46. The van der Waals surface area contributed by atoms with Gasteiger partial charge in [0.25, 0.3) is 0 Å². The van der Waals surface area contributed by atoms with Crippen molar-refractivity contribution < 1.29 is 0 Å². The SMILES string of the molecule is CN(Cc1ccsc1)C1CCCCCC1C#N. The molecule has 3 heteroatoms. The van der Waals surface area contributed by atoms with Crippen molar-refractivity contribution in [2.24, 2.45) is 5.92 Å². The second kappa shape index (κ2) is 6.18. The maximum absolute atomic E-state index is 9.29. The molecule has 0 aliphatic heterocycles. The Morgan fingerprint density at radius 2 is 2.24 bits per heavy atom. The van der Waals surface area contributed by atoms with E-state index in [0.29, 0.717) is 6.04 Å². The standard InChI is InChI=1S/C14H20N2S/c1-16(10-12-7-8-17-11-12)14-6-4-2-3-5-13(14)9-15/h7-8,11,13-14H,2-6,10H2,1H3. The first-order valence-electron chi connectivity index (χ1n) is 6.42. The van der Waals surface area contributed by atoms with Gasteiger partial charge in [-0.2, -0.15) is 16.6 Å². The van der Waals surface area contributed by atoms with Crippen LogP contribution in [-0.2, 0) is 6.54 Å². The van der Waals surface area contributed by atoms with E-state index < -0.39 is 0 Å². The summed E-state index contributed by atoms with van der Waals surface area (Å²) in [7, 11) is 2.16. The molecule has 17 heavy (non-hydrogen) atoms. The summed E-state index contributed by atoms with van der Waals surface area (Å²) in [5.41, 5.74) is 1.37. The van der Waals surface area contributed by atoms with Gasteiger partial charge in [0.15, 0.2) is 0 Å². The van der Waals surface area contributed by atoms with E-state index in [2.05, 4.69) is 34.8 Å². The molecule has 2 unspecified atom stereocenters. The highest BCUT2D eigenvalue weighted by Crippen LogP contribution is 2.27. The number of nitrogens with zero attached hydrogens (tertiary/aromatic N) is 2. The van der Waals surface area contributed by atoms with Gasteiger partial charge in [-0.1, -0.05) is 19.3 Å². The zero-order valence-electron chi connectivity index (χ0n) is 10.4. The molecule has 1 fully saturated rings. The predicted octanol–water partition coefficient (Wildman–Crippen LogP) is 3.65. The van der Waals surface area contributed by atoms with E-state index in [9.17, 15) is 5.26 Å². The van der Waals surface area contributed by atoms with Crippen LogP contribution in [0.2, 0.25) is 0 Å². The zero-order valence-corrected chi connectivity index (χ0v) is 11.2. The van der Waals surface area contributed by atoms with Crippen LogP contribution in [0.1, 0.15) is 37.7 Å². The molecule has 2 atom stereocenters. The molecule has 0 amide bonds. The van der Waals surface area contributed by atoms with E-state index in [1.807, 2.05) is 0 Å². The Labute approximate surface area is 108 Å². The van der Waals surface area contributed by atoms with Gasteiger partial charge in [-0.05, 0) is 42.3 Å². The average molecular weight is 248 g/mol. The van der Waals surface area contributed by atoms with Gasteiger partial charge < -0.3 is 0 Å². The van der Waals surface area contributed by atoms with Crippen LogP contribution >= 0.6 is 11.3 Å². The second-order valence-electron chi connectivity index (χ2n) is 4.99. The first kappa shape index (κ1) is 12.6. The third kappa shape index (κ3) is 3.31. The lowest BCUT2D eigenvalue weighted by Gasteiger charge is -2.29. The summed E-state index contributed by atoms with van der Waals surface area (Å²) in [6.07, 6.45) is 6.05. The summed E-state index contributed by atoms with van der Waals surface area (Å²) in [5, 5.41) is 13.6. The molecule has 0 bridgehead atoms. The van der Waals surface area contributed by atoms with E-state index in [4.69, 9.17) is 0 Å². The van der Waals surface area contributed by atoms with Gasteiger partial charge in [-0.25, -0.2) is 0 Å². The maximum Gasteiger partial charge on any atom is 0.0672 e. The second-order valence-corrected chi connectivity index (χ2v) is 5.77. The largest absolute Gasteiger partial charge is 0.298 e. The molecular weight excluding hydrogens is 228 g/mol. The van der Waals surface area contributed by atoms with Crippen molar-refractivity contribution in [1.29, 1.82) is 5.26 Å². The topological polar surface area (TPSA) is 27.0 Å². The monoisotopic (exact) mass is 248 g/mol. The van der Waals surface area contributed by atoms with E-state index in [0.717, 1.165) is 13.0 Å². The van der Waals surface area contributed by atoms with Gasteiger partial charge in [0.05, 0.1) is 12.0 Å². The van der Waals surface area contributed by atoms with Gasteiger partial charge in [0, 0.05) is 12.6 Å². The van der Waals surface area contributed by atoms with Crippen LogP contribution in [0.5, 0.6) is 0 Å². The number of hydrogen-bond acceptors (Lipinski definition) is 3. The van der Waals surface area contributed by atoms with E-state index >= 15 is 0 Å². The molecule has 1 aliphatic carbocycles. The minimum atomic E-state index is 0.223. The number of thiophene rings is 1. The molecule has 0 radical (unpaired) electrons. The van der Waals surface area contributed by atoms with Crippen molar-refractivity contribution in [3.8, 4) is 6.07 Å². The van der Waals surface area contributed by atoms with Crippen molar-refractivity contribution in [1.82, 2.24) is 4.90 Å². The Balaban J connectivity index is 2.00. The van der Waals surface area contributed by atoms with Gasteiger partial charge in [0.1, 0.15) is 0 Å². The highest BCUT2D eigenvalue weighted by atomic mass is 32.1. The number of rotatable bonds is 3. The van der Waals surface area contributed by atoms with Gasteiger partial charge in [0.2, 0.25) is 0 Å². The molecule has 0 spiro atoms. The van der Waals surface area contributed by atoms with Gasteiger partial charge in [-0.15, -0.1) is 0 Å². The first-order chi connectivity index (χ1) is 8.31. The minimum absolute atomic E-state index is 0.223. The highest BCUT2D eigenvalue weighted by molar-refractivity contribution is 7.07. The lowest BCUT2D eigenvalue weighted by Crippen LogP contribution is -2.36. The zero-order chi connectivity index (χ0) is 12.1. The van der Waals surface area contributed by atoms with Crippen molar-refractivity contribution >= 4 is 11.3 Å². The van der Waals surface area contributed by atoms with Crippen molar-refractivity contribution in [3.63, 3.8) is 0 Å². The molecule has 92 valence electrons. The lowest BCUT2D eigenvalue weighted by atomic mass is 9.95. The molecule has 0 aromatic carbocycles. The first-order valence-corrected chi connectivity index (χ1v) is 7.36. The fourth-order valence-corrected chi connectivity index (χ4v) is 3.41. The third-order valence-electron chi connectivity index (χ3n) is 3.72. The van der Waals surface area contributed by atoms with Crippen LogP contribution in [0.15, 0.2) is 16.8 Å². The number of nitriles is 1. The van der Waals surface area contributed by atoms with E-state index in [-0.39, 0.29) is 5.92 Å². The quantitative estimate of drug-likeness (QED) is 0.763. The Hall–Kier alpha value is -0.850. The van der Waals surface area contributed by atoms with E-state index in [1.54, 1.807) is 11.3 Å². The molecule has 1 aromatic heterocycles. The molecule has 1 heterocycles. The Morgan fingerprint density at radius 1 is 1.41 bits per heavy atom. The molecule has 1 saturated carbocycles. The summed E-state index contributed by atoms with van der Waals surface area (Å²) in [4.78, 5) is 2.38.